The lowest BCUT2D eigenvalue weighted by Gasteiger charge is -2.35. The molecule has 5 nitrogen and oxygen atoms in total. The molecule has 148 valence electrons. The summed E-state index contributed by atoms with van der Waals surface area (Å²) in [5.74, 6) is 1.65. The van der Waals surface area contributed by atoms with Gasteiger partial charge in [0.1, 0.15) is 5.82 Å². The first-order valence-corrected chi connectivity index (χ1v) is 10.5. The van der Waals surface area contributed by atoms with Crippen LogP contribution in [0.1, 0.15) is 43.7 Å². The molecule has 1 aromatic carbocycles. The highest BCUT2D eigenvalue weighted by Crippen LogP contribution is 2.27. The summed E-state index contributed by atoms with van der Waals surface area (Å²) >= 11 is 0. The Morgan fingerprint density at radius 1 is 1.07 bits per heavy atom. The zero-order valence-corrected chi connectivity index (χ0v) is 16.5. The molecule has 1 fully saturated rings. The average molecular weight is 379 g/mol. The van der Waals surface area contributed by atoms with Gasteiger partial charge in [0.2, 0.25) is 5.91 Å². The van der Waals surface area contributed by atoms with Crippen LogP contribution in [0.5, 0.6) is 0 Å². The molecule has 0 saturated carbocycles. The summed E-state index contributed by atoms with van der Waals surface area (Å²) in [6.07, 6.45) is 12.8. The highest BCUT2D eigenvalue weighted by atomic mass is 16.1. The molecule has 1 aromatic heterocycles. The highest BCUT2D eigenvalue weighted by molar-refractivity contribution is 5.91. The quantitative estimate of drug-likeness (QED) is 0.771. The van der Waals surface area contributed by atoms with Gasteiger partial charge in [-0.3, -0.25) is 4.79 Å². The number of allylic oxidation sites excluding steroid dienone is 2. The van der Waals surface area contributed by atoms with Crippen molar-refractivity contribution >= 4 is 11.7 Å². The molecule has 0 radical (unpaired) electrons. The number of aromatic nitrogens is 2. The van der Waals surface area contributed by atoms with Crippen molar-refractivity contribution in [3.8, 4) is 0 Å². The predicted octanol–water partition coefficient (Wildman–Crippen LogP) is 4.06. The number of nitrogens with zero attached hydrogens (tertiary/aromatic N) is 3. The van der Waals surface area contributed by atoms with Crippen molar-refractivity contribution < 1.29 is 4.79 Å². The molecule has 1 aliphatic carbocycles. The number of rotatable bonds is 6. The van der Waals surface area contributed by atoms with Gasteiger partial charge in [0.25, 0.3) is 0 Å². The Kier molecular flexibility index (Phi) is 6.22. The fraction of sp³-hybridized carbons (Fsp3) is 0.478. The molecule has 2 aromatic rings. The van der Waals surface area contributed by atoms with E-state index in [2.05, 4.69) is 27.5 Å². The van der Waals surface area contributed by atoms with E-state index in [4.69, 9.17) is 0 Å². The largest absolute Gasteiger partial charge is 0.311 e. The van der Waals surface area contributed by atoms with Gasteiger partial charge in [0.05, 0.1) is 18.7 Å². The SMILES string of the molecule is O=C(Cc1ccccc1)Nc1ccnn1C1CCN(CC2CC=CCC2)CC1. The van der Waals surface area contributed by atoms with Crippen LogP contribution in [0.2, 0.25) is 0 Å². The molecule has 1 amide bonds. The Labute approximate surface area is 167 Å². The molecule has 28 heavy (non-hydrogen) atoms. The van der Waals surface area contributed by atoms with Crippen molar-refractivity contribution in [2.45, 2.75) is 44.6 Å². The smallest absolute Gasteiger partial charge is 0.229 e. The van der Waals surface area contributed by atoms with Crippen molar-refractivity contribution in [2.75, 3.05) is 25.0 Å². The van der Waals surface area contributed by atoms with E-state index in [-0.39, 0.29) is 5.91 Å². The molecule has 1 saturated heterocycles. The van der Waals surface area contributed by atoms with Gasteiger partial charge in [0.15, 0.2) is 0 Å². The number of likely N-dealkylation sites (tertiary alicyclic amines) is 1. The summed E-state index contributed by atoms with van der Waals surface area (Å²) in [5, 5.41) is 7.57. The van der Waals surface area contributed by atoms with E-state index in [1.807, 2.05) is 41.1 Å². The molecule has 1 atom stereocenters. The van der Waals surface area contributed by atoms with Crippen molar-refractivity contribution in [2.24, 2.45) is 5.92 Å². The first-order valence-electron chi connectivity index (χ1n) is 10.5. The average Bonchev–Trinajstić information content (AvgIpc) is 3.18. The lowest BCUT2D eigenvalue weighted by Crippen LogP contribution is -2.38. The van der Waals surface area contributed by atoms with E-state index >= 15 is 0 Å². The Morgan fingerprint density at radius 2 is 1.89 bits per heavy atom. The number of carbonyl (C=O) groups excluding carboxylic acids is 1. The van der Waals surface area contributed by atoms with Crippen LogP contribution in [0.3, 0.4) is 0 Å². The number of hydrogen-bond donors (Lipinski definition) is 1. The molecule has 1 unspecified atom stereocenters. The third kappa shape index (κ3) is 4.90. The lowest BCUT2D eigenvalue weighted by atomic mass is 9.93. The number of benzene rings is 1. The standard InChI is InChI=1S/C23H30N4O/c28-23(17-19-7-3-1-4-8-19)25-22-11-14-24-27(22)21-12-15-26(16-13-21)18-20-9-5-2-6-10-20/h1-5,7-8,11,14,20-21H,6,9-10,12-13,15-18H2,(H,25,28). The Morgan fingerprint density at radius 3 is 2.64 bits per heavy atom. The number of amides is 1. The number of piperidine rings is 1. The molecule has 0 spiro atoms. The fourth-order valence-electron chi connectivity index (χ4n) is 4.41. The molecular formula is C23H30N4O. The first kappa shape index (κ1) is 18.9. The van der Waals surface area contributed by atoms with Gasteiger partial charge in [-0.25, -0.2) is 4.68 Å². The van der Waals surface area contributed by atoms with E-state index in [9.17, 15) is 4.79 Å². The Hall–Kier alpha value is -2.40. The normalized spacial score (nSPS) is 20.9. The van der Waals surface area contributed by atoms with Gasteiger partial charge >= 0.3 is 0 Å². The van der Waals surface area contributed by atoms with Gasteiger partial charge in [-0.15, -0.1) is 0 Å². The zero-order valence-electron chi connectivity index (χ0n) is 16.5. The van der Waals surface area contributed by atoms with Crippen molar-refractivity contribution in [3.05, 3.63) is 60.3 Å². The fourth-order valence-corrected chi connectivity index (χ4v) is 4.41. The topological polar surface area (TPSA) is 50.2 Å². The van der Waals surface area contributed by atoms with Crippen molar-refractivity contribution in [1.82, 2.24) is 14.7 Å². The highest BCUT2D eigenvalue weighted by Gasteiger charge is 2.24. The van der Waals surface area contributed by atoms with Crippen molar-refractivity contribution in [1.29, 1.82) is 0 Å². The van der Waals surface area contributed by atoms with Crippen LogP contribution in [0, 0.1) is 5.92 Å². The summed E-state index contributed by atoms with van der Waals surface area (Å²) in [6, 6.07) is 12.1. The van der Waals surface area contributed by atoms with Crippen LogP contribution in [-0.2, 0) is 11.2 Å². The maximum atomic E-state index is 12.4. The molecular weight excluding hydrogens is 348 g/mol. The first-order chi connectivity index (χ1) is 13.8. The van der Waals surface area contributed by atoms with Crippen LogP contribution < -0.4 is 5.32 Å². The third-order valence-corrected chi connectivity index (χ3v) is 5.94. The molecule has 4 rings (SSSR count). The second kappa shape index (κ2) is 9.20. The third-order valence-electron chi connectivity index (χ3n) is 5.94. The Balaban J connectivity index is 1.29. The van der Waals surface area contributed by atoms with Crippen LogP contribution in [0.4, 0.5) is 5.82 Å². The monoisotopic (exact) mass is 378 g/mol. The molecule has 1 N–H and O–H groups in total. The maximum Gasteiger partial charge on any atom is 0.229 e. The minimum absolute atomic E-state index is 0.00994. The van der Waals surface area contributed by atoms with Crippen LogP contribution in [0.25, 0.3) is 0 Å². The summed E-state index contributed by atoms with van der Waals surface area (Å²) in [7, 11) is 0. The predicted molar refractivity (Wildman–Crippen MR) is 112 cm³/mol. The van der Waals surface area contributed by atoms with E-state index in [0.29, 0.717) is 12.5 Å². The number of nitrogens with one attached hydrogen (secondary N) is 1. The number of carbonyl (C=O) groups is 1. The van der Waals surface area contributed by atoms with Gasteiger partial charge in [-0.2, -0.15) is 5.10 Å². The summed E-state index contributed by atoms with van der Waals surface area (Å²) < 4.78 is 2.02. The molecule has 2 aliphatic rings. The summed E-state index contributed by atoms with van der Waals surface area (Å²) in [4.78, 5) is 15.0. The van der Waals surface area contributed by atoms with Crippen LogP contribution in [-0.4, -0.2) is 40.2 Å². The lowest BCUT2D eigenvalue weighted by molar-refractivity contribution is -0.115. The van der Waals surface area contributed by atoms with E-state index in [0.717, 1.165) is 43.2 Å². The van der Waals surface area contributed by atoms with E-state index in [1.54, 1.807) is 6.20 Å². The minimum Gasteiger partial charge on any atom is -0.311 e. The maximum absolute atomic E-state index is 12.4. The van der Waals surface area contributed by atoms with Gasteiger partial charge in [-0.05, 0) is 43.6 Å². The van der Waals surface area contributed by atoms with Gasteiger partial charge in [0, 0.05) is 25.7 Å². The second-order valence-electron chi connectivity index (χ2n) is 8.05. The second-order valence-corrected chi connectivity index (χ2v) is 8.05. The number of hydrogen-bond acceptors (Lipinski definition) is 3. The van der Waals surface area contributed by atoms with Crippen LogP contribution in [0.15, 0.2) is 54.7 Å². The van der Waals surface area contributed by atoms with Crippen molar-refractivity contribution in [3.63, 3.8) is 0 Å². The molecule has 5 heteroatoms. The summed E-state index contributed by atoms with van der Waals surface area (Å²) in [5.41, 5.74) is 1.02. The molecule has 2 heterocycles. The van der Waals surface area contributed by atoms with Gasteiger partial charge < -0.3 is 10.2 Å². The van der Waals surface area contributed by atoms with Gasteiger partial charge in [-0.1, -0.05) is 42.5 Å². The summed E-state index contributed by atoms with van der Waals surface area (Å²) in [6.45, 7) is 3.45. The zero-order chi connectivity index (χ0) is 19.2. The number of anilines is 1. The van der Waals surface area contributed by atoms with E-state index < -0.39 is 0 Å². The van der Waals surface area contributed by atoms with Crippen LogP contribution >= 0.6 is 0 Å². The Bertz CT molecular complexity index is 790. The molecule has 0 bridgehead atoms. The molecule has 1 aliphatic heterocycles. The van der Waals surface area contributed by atoms with E-state index in [1.165, 1.54) is 25.8 Å². The minimum atomic E-state index is 0.00994.